The van der Waals surface area contributed by atoms with Crippen LogP contribution in [0.5, 0.6) is 11.5 Å². The van der Waals surface area contributed by atoms with Gasteiger partial charge in [0.25, 0.3) is 5.56 Å². The van der Waals surface area contributed by atoms with Gasteiger partial charge in [0.05, 0.1) is 24.4 Å². The molecule has 29 heavy (non-hydrogen) atoms. The summed E-state index contributed by atoms with van der Waals surface area (Å²) >= 11 is 4.48. The third-order valence-electron chi connectivity index (χ3n) is 4.07. The minimum absolute atomic E-state index is 0.154. The van der Waals surface area contributed by atoms with Gasteiger partial charge in [-0.1, -0.05) is 28.1 Å². The molecule has 0 unspecified atom stereocenters. The highest BCUT2D eigenvalue weighted by Crippen LogP contribution is 2.23. The van der Waals surface area contributed by atoms with E-state index in [1.54, 1.807) is 43.5 Å². The first-order chi connectivity index (χ1) is 14.0. The van der Waals surface area contributed by atoms with E-state index in [0.29, 0.717) is 27.3 Å². The second kappa shape index (κ2) is 8.78. The molecule has 0 aliphatic rings. The van der Waals surface area contributed by atoms with E-state index < -0.39 is 0 Å². The van der Waals surface area contributed by atoms with Gasteiger partial charge < -0.3 is 9.47 Å². The molecule has 0 bridgehead atoms. The molecule has 0 fully saturated rings. The monoisotopic (exact) mass is 467 g/mol. The van der Waals surface area contributed by atoms with E-state index in [2.05, 4.69) is 15.9 Å². The summed E-state index contributed by atoms with van der Waals surface area (Å²) < 4.78 is 13.5. The minimum atomic E-state index is -0.362. The van der Waals surface area contributed by atoms with Gasteiger partial charge in [-0.2, -0.15) is 10.5 Å². The first-order valence-corrected chi connectivity index (χ1v) is 9.90. The van der Waals surface area contributed by atoms with Crippen LogP contribution < -0.4 is 24.2 Å². The van der Waals surface area contributed by atoms with E-state index in [-0.39, 0.29) is 15.8 Å². The van der Waals surface area contributed by atoms with Crippen molar-refractivity contribution < 1.29 is 9.47 Å². The molecule has 2 aromatic carbocycles. The highest BCUT2D eigenvalue weighted by Gasteiger charge is 2.15. The Kier molecular flexibility index (Phi) is 6.18. The van der Waals surface area contributed by atoms with Crippen LogP contribution in [-0.4, -0.2) is 18.8 Å². The van der Waals surface area contributed by atoms with Crippen molar-refractivity contribution in [2.75, 3.05) is 14.2 Å². The lowest BCUT2D eigenvalue weighted by Crippen LogP contribution is -2.31. The molecule has 6 nitrogen and oxygen atoms in total. The molecular weight excluding hydrogens is 454 g/mol. The summed E-state index contributed by atoms with van der Waals surface area (Å²) in [7, 11) is 3.04. The van der Waals surface area contributed by atoms with Crippen LogP contribution >= 0.6 is 27.3 Å². The maximum absolute atomic E-state index is 13.3. The third-order valence-corrected chi connectivity index (χ3v) is 5.65. The van der Waals surface area contributed by atoms with Crippen LogP contribution in [0.15, 0.2) is 51.7 Å². The van der Waals surface area contributed by atoms with Crippen LogP contribution in [0.4, 0.5) is 0 Å². The Morgan fingerprint density at radius 3 is 2.45 bits per heavy atom. The highest BCUT2D eigenvalue weighted by atomic mass is 79.9. The fourth-order valence-corrected chi connectivity index (χ4v) is 4.18. The number of nitriles is 2. The van der Waals surface area contributed by atoms with Crippen LogP contribution in [0, 0.1) is 22.7 Å². The van der Waals surface area contributed by atoms with E-state index in [1.165, 1.54) is 11.7 Å². The van der Waals surface area contributed by atoms with E-state index in [4.69, 9.17) is 9.47 Å². The van der Waals surface area contributed by atoms with Gasteiger partial charge in [-0.15, -0.1) is 11.3 Å². The van der Waals surface area contributed by atoms with E-state index in [9.17, 15) is 15.3 Å². The summed E-state index contributed by atoms with van der Waals surface area (Å²) in [4.78, 5) is 13.3. The summed E-state index contributed by atoms with van der Waals surface area (Å²) in [5.41, 5.74) is 0.628. The number of para-hydroxylation sites is 2. The average molecular weight is 468 g/mol. The Balaban J connectivity index is 2.45. The Bertz CT molecular complexity index is 1330. The van der Waals surface area contributed by atoms with Gasteiger partial charge in [-0.25, -0.2) is 0 Å². The standard InChI is InChI=1S/C21H14BrN3O3S/c1-27-17-8-7-15(22)9-13(17)10-19-20(26)25(21(29-19)14(11-23)12-24)16-5-3-4-6-18(16)28-2/h3-10H,1-2H3/b19-10-. The van der Waals surface area contributed by atoms with Crippen molar-refractivity contribution in [3.05, 3.63) is 72.0 Å². The molecule has 0 saturated heterocycles. The van der Waals surface area contributed by atoms with E-state index >= 15 is 0 Å². The lowest BCUT2D eigenvalue weighted by atomic mass is 10.2. The topological polar surface area (TPSA) is 88.0 Å². The molecule has 0 aliphatic heterocycles. The SMILES string of the molecule is COc1ccc(Br)cc1/C=c1\sc(=C(C#N)C#N)n(-c2ccccc2OC)c1=O. The first kappa shape index (κ1) is 20.4. The van der Waals surface area contributed by atoms with Crippen molar-refractivity contribution in [1.82, 2.24) is 4.57 Å². The zero-order valence-electron chi connectivity index (χ0n) is 15.5. The van der Waals surface area contributed by atoms with Crippen molar-refractivity contribution >= 4 is 38.9 Å². The van der Waals surface area contributed by atoms with Crippen molar-refractivity contribution in [1.29, 1.82) is 10.5 Å². The Hall–Kier alpha value is -3.33. The summed E-state index contributed by atoms with van der Waals surface area (Å²) in [6, 6.07) is 16.1. The number of ether oxygens (including phenoxy) is 2. The molecule has 0 aliphatic carbocycles. The average Bonchev–Trinajstić information content (AvgIpc) is 3.05. The van der Waals surface area contributed by atoms with Gasteiger partial charge in [0, 0.05) is 10.0 Å². The van der Waals surface area contributed by atoms with Crippen LogP contribution in [-0.2, 0) is 0 Å². The molecule has 0 amide bonds. The largest absolute Gasteiger partial charge is 0.496 e. The molecule has 1 heterocycles. The smallest absolute Gasteiger partial charge is 0.273 e. The highest BCUT2D eigenvalue weighted by molar-refractivity contribution is 9.10. The van der Waals surface area contributed by atoms with Gasteiger partial charge >= 0.3 is 0 Å². The quantitative estimate of drug-likeness (QED) is 0.588. The molecule has 1 aromatic heterocycles. The molecule has 3 aromatic rings. The van der Waals surface area contributed by atoms with Gasteiger partial charge in [0.15, 0.2) is 5.57 Å². The number of hydrogen-bond acceptors (Lipinski definition) is 6. The number of methoxy groups -OCH3 is 2. The molecule has 8 heteroatoms. The predicted octanol–water partition coefficient (Wildman–Crippen LogP) is 2.71. The van der Waals surface area contributed by atoms with E-state index in [1.807, 2.05) is 24.3 Å². The Labute approximate surface area is 178 Å². The van der Waals surface area contributed by atoms with Crippen LogP contribution in [0.1, 0.15) is 5.56 Å². The number of thiazole rings is 1. The Morgan fingerprint density at radius 1 is 1.10 bits per heavy atom. The molecule has 0 saturated carbocycles. The second-order valence-corrected chi connectivity index (χ2v) is 7.66. The van der Waals surface area contributed by atoms with Crippen LogP contribution in [0.25, 0.3) is 17.3 Å². The molecule has 3 rings (SSSR count). The molecule has 0 N–H and O–H groups in total. The summed E-state index contributed by atoms with van der Waals surface area (Å²) in [6.45, 7) is 0. The van der Waals surface area contributed by atoms with Crippen molar-refractivity contribution in [3.8, 4) is 29.3 Å². The predicted molar refractivity (Wildman–Crippen MR) is 115 cm³/mol. The van der Waals surface area contributed by atoms with Crippen molar-refractivity contribution in [2.24, 2.45) is 0 Å². The number of rotatable bonds is 4. The number of nitrogens with zero attached hydrogens (tertiary/aromatic N) is 3. The maximum atomic E-state index is 13.3. The first-order valence-electron chi connectivity index (χ1n) is 8.29. The summed E-state index contributed by atoms with van der Waals surface area (Å²) in [6.07, 6.45) is 1.68. The summed E-state index contributed by atoms with van der Waals surface area (Å²) in [5.74, 6) is 1.05. The minimum Gasteiger partial charge on any atom is -0.496 e. The fourth-order valence-electron chi connectivity index (χ4n) is 2.76. The van der Waals surface area contributed by atoms with Gasteiger partial charge in [-0.3, -0.25) is 9.36 Å². The summed E-state index contributed by atoms with van der Waals surface area (Å²) in [5, 5.41) is 18.8. The zero-order chi connectivity index (χ0) is 21.0. The molecule has 144 valence electrons. The third kappa shape index (κ3) is 3.95. The fraction of sp³-hybridized carbons (Fsp3) is 0.0952. The lowest BCUT2D eigenvalue weighted by molar-refractivity contribution is 0.412. The van der Waals surface area contributed by atoms with Gasteiger partial charge in [-0.05, 0) is 36.4 Å². The maximum Gasteiger partial charge on any atom is 0.273 e. The molecule has 0 atom stereocenters. The molecule has 0 spiro atoms. The zero-order valence-corrected chi connectivity index (χ0v) is 17.9. The van der Waals surface area contributed by atoms with Crippen molar-refractivity contribution in [3.63, 3.8) is 0 Å². The van der Waals surface area contributed by atoms with Gasteiger partial charge in [0.1, 0.15) is 28.3 Å². The number of halogens is 1. The number of hydrogen-bond donors (Lipinski definition) is 0. The normalized spacial score (nSPS) is 10.9. The lowest BCUT2D eigenvalue weighted by Gasteiger charge is -2.08. The van der Waals surface area contributed by atoms with Crippen molar-refractivity contribution in [2.45, 2.75) is 0 Å². The number of benzene rings is 2. The van der Waals surface area contributed by atoms with Gasteiger partial charge in [0.2, 0.25) is 0 Å². The van der Waals surface area contributed by atoms with Crippen LogP contribution in [0.3, 0.4) is 0 Å². The molecule has 0 radical (unpaired) electrons. The molecular formula is C21H14BrN3O3S. The van der Waals surface area contributed by atoms with Crippen LogP contribution in [0.2, 0.25) is 0 Å². The Morgan fingerprint density at radius 2 is 1.79 bits per heavy atom. The van der Waals surface area contributed by atoms with E-state index in [0.717, 1.165) is 15.8 Å². The second-order valence-electron chi connectivity index (χ2n) is 5.71. The number of aromatic nitrogens is 1.